The summed E-state index contributed by atoms with van der Waals surface area (Å²) in [6.07, 6.45) is 1.86. The Kier molecular flexibility index (Phi) is 9.58. The lowest BCUT2D eigenvalue weighted by molar-refractivity contribution is 0.162. The van der Waals surface area contributed by atoms with Crippen LogP contribution in [0.3, 0.4) is 0 Å². The van der Waals surface area contributed by atoms with E-state index in [0.717, 1.165) is 45.1 Å². The van der Waals surface area contributed by atoms with Gasteiger partial charge in [-0.25, -0.2) is 4.39 Å². The largest absolute Gasteiger partial charge is 0.506 e. The Morgan fingerprint density at radius 2 is 1.95 bits per heavy atom. The van der Waals surface area contributed by atoms with Gasteiger partial charge in [-0.1, -0.05) is 24.9 Å². The van der Waals surface area contributed by atoms with Gasteiger partial charge < -0.3 is 10.4 Å². The van der Waals surface area contributed by atoms with E-state index < -0.39 is 5.82 Å². The van der Waals surface area contributed by atoms with Crippen molar-refractivity contribution in [2.75, 3.05) is 26.2 Å². The highest BCUT2D eigenvalue weighted by molar-refractivity contribution is 6.32. The average Bonchev–Trinajstić information content (AvgIpc) is 2.41. The molecule has 1 aromatic carbocycles. The van der Waals surface area contributed by atoms with Crippen LogP contribution in [0, 0.1) is 5.82 Å². The van der Waals surface area contributed by atoms with Crippen LogP contribution >= 0.6 is 36.4 Å². The Morgan fingerprint density at radius 1 is 1.33 bits per heavy atom. The van der Waals surface area contributed by atoms with Crippen LogP contribution in [0.15, 0.2) is 12.1 Å². The van der Waals surface area contributed by atoms with Crippen molar-refractivity contribution in [1.82, 2.24) is 10.2 Å². The summed E-state index contributed by atoms with van der Waals surface area (Å²) in [5.74, 6) is -0.380. The molecule has 122 valence electrons. The summed E-state index contributed by atoms with van der Waals surface area (Å²) < 4.78 is 13.5. The molecule has 0 radical (unpaired) electrons. The quantitative estimate of drug-likeness (QED) is 0.859. The van der Waals surface area contributed by atoms with Gasteiger partial charge in [0.2, 0.25) is 0 Å². The number of phenols is 1. The van der Waals surface area contributed by atoms with Crippen LogP contribution in [-0.2, 0) is 0 Å². The fraction of sp³-hybridized carbons (Fsp3) is 0.571. The monoisotopic (exact) mass is 358 g/mol. The zero-order valence-electron chi connectivity index (χ0n) is 11.9. The Balaban J connectivity index is 0.00000200. The first kappa shape index (κ1) is 20.7. The van der Waals surface area contributed by atoms with E-state index in [9.17, 15) is 9.50 Å². The van der Waals surface area contributed by atoms with Crippen molar-refractivity contribution in [3.05, 3.63) is 28.5 Å². The van der Waals surface area contributed by atoms with Crippen LogP contribution in [-0.4, -0.2) is 36.2 Å². The van der Waals surface area contributed by atoms with E-state index in [2.05, 4.69) is 17.1 Å². The highest BCUT2D eigenvalue weighted by Gasteiger charge is 2.25. The number of phenolic OH excluding ortho intramolecular Hbond substituents is 1. The van der Waals surface area contributed by atoms with Gasteiger partial charge in [-0.15, -0.1) is 24.8 Å². The lowest BCUT2D eigenvalue weighted by Crippen LogP contribution is -2.45. The smallest absolute Gasteiger partial charge is 0.139 e. The number of hydrogen-bond donors (Lipinski definition) is 2. The summed E-state index contributed by atoms with van der Waals surface area (Å²) in [4.78, 5) is 2.28. The second-order valence-electron chi connectivity index (χ2n) is 4.92. The van der Waals surface area contributed by atoms with Crippen molar-refractivity contribution in [2.45, 2.75) is 25.8 Å². The molecule has 2 N–H and O–H groups in total. The molecule has 1 heterocycles. The van der Waals surface area contributed by atoms with E-state index in [1.54, 1.807) is 0 Å². The predicted molar refractivity (Wildman–Crippen MR) is 89.7 cm³/mol. The van der Waals surface area contributed by atoms with Crippen LogP contribution in [0.1, 0.15) is 31.4 Å². The molecule has 0 bridgehead atoms. The van der Waals surface area contributed by atoms with E-state index in [1.165, 1.54) is 6.07 Å². The molecule has 0 amide bonds. The van der Waals surface area contributed by atoms with Gasteiger partial charge in [-0.05, 0) is 18.6 Å². The molecule has 21 heavy (non-hydrogen) atoms. The number of piperazine rings is 1. The SMILES string of the molecule is CCC[C@H](c1cc(F)cc(Cl)c1O)N1CCNCC1.Cl.Cl. The average molecular weight is 360 g/mol. The fourth-order valence-electron chi connectivity index (χ4n) is 2.64. The highest BCUT2D eigenvalue weighted by Crippen LogP contribution is 2.37. The minimum Gasteiger partial charge on any atom is -0.506 e. The maximum absolute atomic E-state index is 13.5. The van der Waals surface area contributed by atoms with Gasteiger partial charge >= 0.3 is 0 Å². The molecule has 1 aliphatic heterocycles. The van der Waals surface area contributed by atoms with Crippen LogP contribution in [0.4, 0.5) is 4.39 Å². The van der Waals surface area contributed by atoms with Crippen LogP contribution < -0.4 is 5.32 Å². The van der Waals surface area contributed by atoms with Crippen LogP contribution in [0.2, 0.25) is 5.02 Å². The lowest BCUT2D eigenvalue weighted by Gasteiger charge is -2.35. The second kappa shape index (κ2) is 9.70. The van der Waals surface area contributed by atoms with E-state index in [4.69, 9.17) is 11.6 Å². The zero-order chi connectivity index (χ0) is 13.8. The van der Waals surface area contributed by atoms with Crippen molar-refractivity contribution in [2.24, 2.45) is 0 Å². The molecule has 3 nitrogen and oxygen atoms in total. The van der Waals surface area contributed by atoms with Crippen molar-refractivity contribution in [1.29, 1.82) is 0 Å². The van der Waals surface area contributed by atoms with Gasteiger partial charge in [0.25, 0.3) is 0 Å². The summed E-state index contributed by atoms with van der Waals surface area (Å²) in [5.41, 5.74) is 0.605. The summed E-state index contributed by atoms with van der Waals surface area (Å²) in [7, 11) is 0. The normalized spacial score (nSPS) is 16.7. The molecular weight excluding hydrogens is 338 g/mol. The van der Waals surface area contributed by atoms with Gasteiger partial charge in [0.15, 0.2) is 0 Å². The first-order valence-electron chi connectivity index (χ1n) is 6.76. The van der Waals surface area contributed by atoms with Crippen molar-refractivity contribution < 1.29 is 9.50 Å². The molecule has 1 fully saturated rings. The van der Waals surface area contributed by atoms with E-state index >= 15 is 0 Å². The van der Waals surface area contributed by atoms with Crippen LogP contribution in [0.25, 0.3) is 0 Å². The Hall–Kier alpha value is -0.260. The van der Waals surface area contributed by atoms with Gasteiger partial charge in [0, 0.05) is 37.8 Å². The fourth-order valence-corrected chi connectivity index (χ4v) is 2.86. The van der Waals surface area contributed by atoms with Gasteiger partial charge in [-0.2, -0.15) is 0 Å². The molecule has 0 aromatic heterocycles. The summed E-state index contributed by atoms with van der Waals surface area (Å²) in [5, 5.41) is 13.5. The summed E-state index contributed by atoms with van der Waals surface area (Å²) in [6, 6.07) is 2.59. The van der Waals surface area contributed by atoms with Gasteiger partial charge in [-0.3, -0.25) is 4.90 Å². The molecule has 0 unspecified atom stereocenters. The number of hydrogen-bond acceptors (Lipinski definition) is 3. The molecule has 0 spiro atoms. The topological polar surface area (TPSA) is 35.5 Å². The third-order valence-corrected chi connectivity index (χ3v) is 3.86. The van der Waals surface area contributed by atoms with Gasteiger partial charge in [0.05, 0.1) is 5.02 Å². The number of aromatic hydroxyl groups is 1. The first-order chi connectivity index (χ1) is 9.13. The number of nitrogens with zero attached hydrogens (tertiary/aromatic N) is 1. The Bertz CT molecular complexity index is 442. The highest BCUT2D eigenvalue weighted by atomic mass is 35.5. The molecule has 1 aromatic rings. The van der Waals surface area contributed by atoms with Crippen LogP contribution in [0.5, 0.6) is 5.75 Å². The number of halogens is 4. The minimum atomic E-state index is -0.394. The third-order valence-electron chi connectivity index (χ3n) is 3.57. The summed E-state index contributed by atoms with van der Waals surface area (Å²) in [6.45, 7) is 5.73. The zero-order valence-corrected chi connectivity index (χ0v) is 14.3. The number of benzene rings is 1. The van der Waals surface area contributed by atoms with Crippen molar-refractivity contribution in [3.8, 4) is 5.75 Å². The standard InChI is InChI=1S/C14H20ClFN2O.2ClH/c1-2-3-13(18-6-4-17-5-7-18)11-8-10(16)9-12(15)14(11)19;;/h8-9,13,17,19H,2-7H2,1H3;2*1H/t13-;;/m1../s1. The molecule has 7 heteroatoms. The lowest BCUT2D eigenvalue weighted by atomic mass is 9.98. The van der Waals surface area contributed by atoms with Gasteiger partial charge in [0.1, 0.15) is 11.6 Å². The second-order valence-corrected chi connectivity index (χ2v) is 5.32. The molecule has 0 saturated carbocycles. The summed E-state index contributed by atoms with van der Waals surface area (Å²) >= 11 is 5.88. The predicted octanol–water partition coefficient (Wildman–Crippen LogP) is 3.77. The number of nitrogens with one attached hydrogen (secondary N) is 1. The van der Waals surface area contributed by atoms with Crippen molar-refractivity contribution in [3.63, 3.8) is 0 Å². The molecule has 1 aliphatic rings. The third kappa shape index (κ3) is 5.15. The minimum absolute atomic E-state index is 0. The molecule has 1 saturated heterocycles. The maximum atomic E-state index is 13.5. The number of rotatable bonds is 4. The Labute approximate surface area is 142 Å². The van der Waals surface area contributed by atoms with E-state index in [0.29, 0.717) is 5.56 Å². The molecule has 2 rings (SSSR count). The first-order valence-corrected chi connectivity index (χ1v) is 7.14. The molecule has 1 atom stereocenters. The van der Waals surface area contributed by atoms with E-state index in [-0.39, 0.29) is 41.6 Å². The molecular formula is C14H22Cl3FN2O. The Morgan fingerprint density at radius 3 is 2.52 bits per heavy atom. The molecule has 0 aliphatic carbocycles. The van der Waals surface area contributed by atoms with Crippen molar-refractivity contribution >= 4 is 36.4 Å². The maximum Gasteiger partial charge on any atom is 0.139 e. The van der Waals surface area contributed by atoms with E-state index in [1.807, 2.05) is 0 Å².